The van der Waals surface area contributed by atoms with Crippen LogP contribution in [0.5, 0.6) is 17.2 Å². The van der Waals surface area contributed by atoms with Crippen LogP contribution in [0.25, 0.3) is 10.2 Å². The predicted molar refractivity (Wildman–Crippen MR) is 141 cm³/mol. The lowest BCUT2D eigenvalue weighted by Crippen LogP contribution is -2.30. The number of ether oxygens (including phenoxy) is 2. The lowest BCUT2D eigenvalue weighted by atomic mass is 10.1. The van der Waals surface area contributed by atoms with E-state index in [9.17, 15) is 4.79 Å². The highest BCUT2D eigenvalue weighted by Gasteiger charge is 2.25. The Morgan fingerprint density at radius 3 is 2.29 bits per heavy atom. The zero-order valence-electron chi connectivity index (χ0n) is 19.3. The van der Waals surface area contributed by atoms with E-state index in [1.54, 1.807) is 11.0 Å². The average Bonchev–Trinajstić information content (AvgIpc) is 3.34. The summed E-state index contributed by atoms with van der Waals surface area (Å²) < 4.78 is 12.8. The zero-order chi connectivity index (χ0) is 24.0. The topological polar surface area (TPSA) is 51.7 Å². The van der Waals surface area contributed by atoms with Gasteiger partial charge in [-0.3, -0.25) is 9.69 Å². The molecule has 0 aliphatic carbocycles. The van der Waals surface area contributed by atoms with Crippen molar-refractivity contribution < 1.29 is 14.3 Å². The van der Waals surface area contributed by atoms with E-state index in [-0.39, 0.29) is 5.91 Å². The highest BCUT2D eigenvalue weighted by atomic mass is 32.1. The second kappa shape index (κ2) is 10.4. The van der Waals surface area contributed by atoms with Gasteiger partial charge in [0.1, 0.15) is 22.8 Å². The largest absolute Gasteiger partial charge is 0.492 e. The van der Waals surface area contributed by atoms with Crippen LogP contribution in [-0.4, -0.2) is 17.5 Å². The molecular formula is C29H24N2O3S. The molecule has 174 valence electrons. The van der Waals surface area contributed by atoms with Gasteiger partial charge in [-0.25, -0.2) is 4.98 Å². The van der Waals surface area contributed by atoms with Gasteiger partial charge in [0, 0.05) is 0 Å². The van der Waals surface area contributed by atoms with Crippen LogP contribution in [0.15, 0.2) is 103 Å². The second-order valence-corrected chi connectivity index (χ2v) is 8.83. The van der Waals surface area contributed by atoms with Crippen LogP contribution in [0.1, 0.15) is 22.8 Å². The van der Waals surface area contributed by atoms with Crippen LogP contribution >= 0.6 is 11.3 Å². The second-order valence-electron chi connectivity index (χ2n) is 7.82. The minimum atomic E-state index is -0.183. The molecule has 1 heterocycles. The zero-order valence-corrected chi connectivity index (χ0v) is 20.1. The third-order valence-electron chi connectivity index (χ3n) is 5.42. The number of hydrogen-bond acceptors (Lipinski definition) is 5. The maximum Gasteiger partial charge on any atom is 0.264 e. The molecule has 0 fully saturated rings. The molecule has 35 heavy (non-hydrogen) atoms. The molecule has 0 aliphatic heterocycles. The number of carbonyl (C=O) groups is 1. The number of hydrogen-bond donors (Lipinski definition) is 0. The number of rotatable bonds is 8. The number of nitrogens with zero attached hydrogens (tertiary/aromatic N) is 2. The average molecular weight is 481 g/mol. The standard InChI is InChI=1S/C29H24N2O3S/c1-2-33-25-18-11-19-26-27(25)30-29(35-26)31(20-21-12-5-3-6-13-21)28(32)23-16-9-10-17-24(23)34-22-14-7-4-8-15-22/h3-19H,2,20H2,1H3. The number of benzene rings is 4. The van der Waals surface area contributed by atoms with Crippen molar-refractivity contribution in [3.05, 3.63) is 114 Å². The summed E-state index contributed by atoms with van der Waals surface area (Å²) in [5.41, 5.74) is 2.23. The summed E-state index contributed by atoms with van der Waals surface area (Å²) in [6, 6.07) is 32.5. The normalized spacial score (nSPS) is 10.8. The maximum absolute atomic E-state index is 14.0. The molecule has 1 aromatic heterocycles. The maximum atomic E-state index is 14.0. The van der Waals surface area contributed by atoms with E-state index in [1.165, 1.54) is 11.3 Å². The molecule has 0 saturated carbocycles. The molecule has 0 spiro atoms. The molecule has 0 radical (unpaired) electrons. The highest BCUT2D eigenvalue weighted by molar-refractivity contribution is 7.22. The first-order valence-electron chi connectivity index (χ1n) is 11.4. The number of anilines is 1. The Bertz CT molecular complexity index is 1430. The predicted octanol–water partition coefficient (Wildman–Crippen LogP) is 7.33. The molecule has 0 saturated heterocycles. The number of fused-ring (bicyclic) bond motifs is 1. The fourth-order valence-electron chi connectivity index (χ4n) is 3.78. The number of amides is 1. The lowest BCUT2D eigenvalue weighted by Gasteiger charge is -2.21. The Kier molecular flexibility index (Phi) is 6.73. The molecular weight excluding hydrogens is 456 g/mol. The van der Waals surface area contributed by atoms with Crippen molar-refractivity contribution in [2.75, 3.05) is 11.5 Å². The van der Waals surface area contributed by atoms with Gasteiger partial charge < -0.3 is 9.47 Å². The smallest absolute Gasteiger partial charge is 0.264 e. The third kappa shape index (κ3) is 5.03. The van der Waals surface area contributed by atoms with E-state index >= 15 is 0 Å². The van der Waals surface area contributed by atoms with Crippen molar-refractivity contribution in [1.82, 2.24) is 4.98 Å². The van der Waals surface area contributed by atoms with Gasteiger partial charge in [-0.05, 0) is 48.9 Å². The Labute approximate surface area is 208 Å². The Hall–Kier alpha value is -4.16. The monoisotopic (exact) mass is 480 g/mol. The van der Waals surface area contributed by atoms with E-state index in [4.69, 9.17) is 14.5 Å². The van der Waals surface area contributed by atoms with Crippen LogP contribution in [0.4, 0.5) is 5.13 Å². The lowest BCUT2D eigenvalue weighted by molar-refractivity contribution is 0.0983. The highest BCUT2D eigenvalue weighted by Crippen LogP contribution is 2.36. The van der Waals surface area contributed by atoms with Crippen molar-refractivity contribution >= 4 is 32.6 Å². The molecule has 6 heteroatoms. The van der Waals surface area contributed by atoms with Gasteiger partial charge in [0.25, 0.3) is 5.91 Å². The van der Waals surface area contributed by atoms with Crippen LogP contribution in [0.3, 0.4) is 0 Å². The van der Waals surface area contributed by atoms with Gasteiger partial charge in [0.15, 0.2) is 5.13 Å². The SMILES string of the molecule is CCOc1cccc2sc(N(Cc3ccccc3)C(=O)c3ccccc3Oc3ccccc3)nc12. The van der Waals surface area contributed by atoms with Gasteiger partial charge in [0.05, 0.1) is 23.4 Å². The van der Waals surface area contributed by atoms with Crippen LogP contribution in [-0.2, 0) is 6.54 Å². The molecule has 5 aromatic rings. The summed E-state index contributed by atoms with van der Waals surface area (Å²) in [6.07, 6.45) is 0. The van der Waals surface area contributed by atoms with Gasteiger partial charge >= 0.3 is 0 Å². The molecule has 4 aromatic carbocycles. The van der Waals surface area contributed by atoms with Gasteiger partial charge in [0.2, 0.25) is 0 Å². The van der Waals surface area contributed by atoms with E-state index in [0.29, 0.717) is 41.1 Å². The molecule has 0 aliphatic rings. The summed E-state index contributed by atoms with van der Waals surface area (Å²) in [5, 5.41) is 0.607. The Balaban J connectivity index is 1.56. The fraction of sp³-hybridized carbons (Fsp3) is 0.103. The Morgan fingerprint density at radius 2 is 1.51 bits per heavy atom. The number of carbonyl (C=O) groups excluding carboxylic acids is 1. The van der Waals surface area contributed by atoms with Crippen molar-refractivity contribution in [2.45, 2.75) is 13.5 Å². The molecule has 5 nitrogen and oxygen atoms in total. The van der Waals surface area contributed by atoms with Crippen LogP contribution in [0.2, 0.25) is 0 Å². The fourth-order valence-corrected chi connectivity index (χ4v) is 4.77. The number of aromatic nitrogens is 1. The van der Waals surface area contributed by atoms with Crippen molar-refractivity contribution in [2.24, 2.45) is 0 Å². The van der Waals surface area contributed by atoms with Crippen molar-refractivity contribution in [1.29, 1.82) is 0 Å². The van der Waals surface area contributed by atoms with Crippen LogP contribution in [0, 0.1) is 0 Å². The Morgan fingerprint density at radius 1 is 0.829 bits per heavy atom. The first kappa shape index (κ1) is 22.6. The van der Waals surface area contributed by atoms with E-state index in [2.05, 4.69) is 0 Å². The van der Waals surface area contributed by atoms with Gasteiger partial charge in [-0.1, -0.05) is 78.1 Å². The summed E-state index contributed by atoms with van der Waals surface area (Å²) in [5.74, 6) is 1.70. The van der Waals surface area contributed by atoms with Crippen molar-refractivity contribution in [3.8, 4) is 17.2 Å². The molecule has 1 amide bonds. The van der Waals surface area contributed by atoms with Gasteiger partial charge in [-0.15, -0.1) is 0 Å². The van der Waals surface area contributed by atoms with E-state index < -0.39 is 0 Å². The van der Waals surface area contributed by atoms with E-state index in [0.717, 1.165) is 15.8 Å². The molecule has 0 N–H and O–H groups in total. The van der Waals surface area contributed by atoms with Crippen LogP contribution < -0.4 is 14.4 Å². The minimum absolute atomic E-state index is 0.183. The molecule has 0 bridgehead atoms. The number of thiazole rings is 1. The molecule has 5 rings (SSSR count). The minimum Gasteiger partial charge on any atom is -0.492 e. The summed E-state index contributed by atoms with van der Waals surface area (Å²) >= 11 is 1.47. The van der Waals surface area contributed by atoms with Gasteiger partial charge in [-0.2, -0.15) is 0 Å². The van der Waals surface area contributed by atoms with E-state index in [1.807, 2.05) is 104 Å². The quantitative estimate of drug-likeness (QED) is 0.233. The summed E-state index contributed by atoms with van der Waals surface area (Å²) in [6.45, 7) is 2.87. The first-order chi connectivity index (χ1) is 17.2. The van der Waals surface area contributed by atoms with Crippen molar-refractivity contribution in [3.63, 3.8) is 0 Å². The molecule has 0 unspecified atom stereocenters. The first-order valence-corrected chi connectivity index (χ1v) is 12.2. The number of para-hydroxylation sites is 3. The summed E-state index contributed by atoms with van der Waals surface area (Å²) in [4.78, 5) is 20.6. The molecule has 0 atom stereocenters. The third-order valence-corrected chi connectivity index (χ3v) is 6.46. The summed E-state index contributed by atoms with van der Waals surface area (Å²) in [7, 11) is 0.